The maximum Gasteiger partial charge on any atom is 0.240 e. The van der Waals surface area contributed by atoms with Gasteiger partial charge in [0.1, 0.15) is 22.2 Å². The summed E-state index contributed by atoms with van der Waals surface area (Å²) >= 11 is 1.56. The summed E-state index contributed by atoms with van der Waals surface area (Å²) in [6.07, 6.45) is 4.40. The molecule has 0 aliphatic rings. The summed E-state index contributed by atoms with van der Waals surface area (Å²) in [7, 11) is 1.23. The summed E-state index contributed by atoms with van der Waals surface area (Å²) in [5.74, 6) is 1.60. The maximum absolute atomic E-state index is 6.56. The average molecular weight is 553 g/mol. The normalized spacial score (nSPS) is 12.0. The van der Waals surface area contributed by atoms with E-state index < -0.39 is 8.32 Å². The van der Waals surface area contributed by atoms with Crippen molar-refractivity contribution in [2.75, 3.05) is 26.1 Å². The van der Waals surface area contributed by atoms with Crippen LogP contribution in [0.25, 0.3) is 16.4 Å². The van der Waals surface area contributed by atoms with Crippen molar-refractivity contribution in [3.8, 4) is 28.1 Å². The fourth-order valence-corrected chi connectivity index (χ4v) is 5.35. The smallest absolute Gasteiger partial charge is 0.240 e. The summed E-state index contributed by atoms with van der Waals surface area (Å²) in [5.41, 5.74) is 4.28. The number of hydrogen-bond donors (Lipinski definition) is 1. The number of rotatable bonds is 10. The van der Waals surface area contributed by atoms with E-state index in [0.717, 1.165) is 27.6 Å². The number of methoxy groups -OCH3 is 2. The number of nitrogens with zero attached hydrogens (tertiary/aromatic N) is 5. The first-order chi connectivity index (χ1) is 18.0. The standard InChI is InChI=1S/C27H36N6O3SSi/c1-18-17-22(33-14-11-21(32-33)26-28-13-16-37-26)19(12-15-36-38(7,8)27(2,3)4)24(29-18)30-20-9-10-23(34-5)31-25(20)35-6/h9-11,13-14,16-17H,12,15H2,1-8H3,(H,29,30). The third kappa shape index (κ3) is 6.06. The number of ether oxygens (including phenoxy) is 2. The lowest BCUT2D eigenvalue weighted by Crippen LogP contribution is -2.41. The molecule has 38 heavy (non-hydrogen) atoms. The molecule has 4 aromatic heterocycles. The minimum Gasteiger partial charge on any atom is -0.481 e. The van der Waals surface area contributed by atoms with Crippen molar-refractivity contribution in [1.29, 1.82) is 0 Å². The van der Waals surface area contributed by atoms with E-state index in [-0.39, 0.29) is 5.04 Å². The molecule has 0 unspecified atom stereocenters. The molecule has 0 bridgehead atoms. The summed E-state index contributed by atoms with van der Waals surface area (Å²) < 4.78 is 19.2. The molecule has 0 aliphatic carbocycles. The van der Waals surface area contributed by atoms with E-state index in [2.05, 4.69) is 55.2 Å². The Morgan fingerprint density at radius 1 is 1.08 bits per heavy atom. The first kappa shape index (κ1) is 27.7. The van der Waals surface area contributed by atoms with Gasteiger partial charge in [0, 0.05) is 48.1 Å². The van der Waals surface area contributed by atoms with Crippen LogP contribution in [0, 0.1) is 6.92 Å². The second-order valence-corrected chi connectivity index (χ2v) is 16.2. The molecule has 0 aliphatic heterocycles. The van der Waals surface area contributed by atoms with Gasteiger partial charge in [-0.1, -0.05) is 20.8 Å². The minimum atomic E-state index is -1.93. The molecule has 0 aromatic carbocycles. The molecular formula is C27H36N6O3SSi. The Balaban J connectivity index is 1.75. The first-order valence-corrected chi connectivity index (χ1v) is 16.3. The summed E-state index contributed by atoms with van der Waals surface area (Å²) in [6, 6.07) is 7.69. The highest BCUT2D eigenvalue weighted by Gasteiger charge is 2.37. The Morgan fingerprint density at radius 2 is 1.87 bits per heavy atom. The topological polar surface area (TPSA) is 96.2 Å². The zero-order valence-electron chi connectivity index (χ0n) is 23.3. The largest absolute Gasteiger partial charge is 0.481 e. The van der Waals surface area contributed by atoms with Gasteiger partial charge in [0.2, 0.25) is 11.8 Å². The molecule has 0 amide bonds. The van der Waals surface area contributed by atoms with Crippen LogP contribution in [-0.2, 0) is 10.8 Å². The average Bonchev–Trinajstić information content (AvgIpc) is 3.57. The number of pyridine rings is 2. The molecule has 0 atom stereocenters. The quantitative estimate of drug-likeness (QED) is 0.225. The summed E-state index contributed by atoms with van der Waals surface area (Å²) in [6.45, 7) is 13.8. The van der Waals surface area contributed by atoms with E-state index in [0.29, 0.717) is 36.3 Å². The fraction of sp³-hybridized carbons (Fsp3) is 0.407. The van der Waals surface area contributed by atoms with Crippen LogP contribution >= 0.6 is 11.3 Å². The van der Waals surface area contributed by atoms with Crippen molar-refractivity contribution < 1.29 is 13.9 Å². The van der Waals surface area contributed by atoms with Gasteiger partial charge in [-0.2, -0.15) is 10.1 Å². The van der Waals surface area contributed by atoms with Crippen molar-refractivity contribution in [3.63, 3.8) is 0 Å². The molecule has 202 valence electrons. The van der Waals surface area contributed by atoms with Gasteiger partial charge < -0.3 is 19.2 Å². The van der Waals surface area contributed by atoms with E-state index in [1.165, 1.54) is 0 Å². The van der Waals surface area contributed by atoms with Crippen molar-refractivity contribution in [2.45, 2.75) is 52.2 Å². The van der Waals surface area contributed by atoms with Gasteiger partial charge in [0.25, 0.3) is 0 Å². The molecule has 0 saturated heterocycles. The van der Waals surface area contributed by atoms with Gasteiger partial charge in [0.05, 0.1) is 19.9 Å². The van der Waals surface area contributed by atoms with Crippen LogP contribution in [0.3, 0.4) is 0 Å². The molecule has 1 N–H and O–H groups in total. The van der Waals surface area contributed by atoms with Crippen molar-refractivity contribution in [2.24, 2.45) is 0 Å². The first-order valence-electron chi connectivity index (χ1n) is 12.5. The number of anilines is 2. The molecule has 9 nitrogen and oxygen atoms in total. The number of hydrogen-bond acceptors (Lipinski definition) is 9. The van der Waals surface area contributed by atoms with Crippen LogP contribution in [0.5, 0.6) is 11.8 Å². The van der Waals surface area contributed by atoms with Crippen molar-refractivity contribution in [1.82, 2.24) is 24.7 Å². The van der Waals surface area contributed by atoms with E-state index in [1.807, 2.05) is 35.3 Å². The predicted molar refractivity (Wildman–Crippen MR) is 155 cm³/mol. The highest BCUT2D eigenvalue weighted by molar-refractivity contribution is 7.13. The fourth-order valence-electron chi connectivity index (χ4n) is 3.70. The molecule has 0 radical (unpaired) electrons. The third-order valence-electron chi connectivity index (χ3n) is 6.83. The van der Waals surface area contributed by atoms with E-state index in [4.69, 9.17) is 24.0 Å². The summed E-state index contributed by atoms with van der Waals surface area (Å²) in [4.78, 5) is 13.7. The Bertz CT molecular complexity index is 1380. The van der Waals surface area contributed by atoms with Gasteiger partial charge in [0.15, 0.2) is 8.32 Å². The lowest BCUT2D eigenvalue weighted by Gasteiger charge is -2.36. The number of thiazole rings is 1. The van der Waals surface area contributed by atoms with Crippen LogP contribution in [0.15, 0.2) is 42.0 Å². The van der Waals surface area contributed by atoms with Crippen LogP contribution in [0.1, 0.15) is 32.0 Å². The highest BCUT2D eigenvalue weighted by Crippen LogP contribution is 2.37. The van der Waals surface area contributed by atoms with Crippen LogP contribution in [0.4, 0.5) is 11.5 Å². The Morgan fingerprint density at radius 3 is 2.53 bits per heavy atom. The van der Waals surface area contributed by atoms with Gasteiger partial charge >= 0.3 is 0 Å². The Hall–Kier alpha value is -3.28. The van der Waals surface area contributed by atoms with E-state index >= 15 is 0 Å². The van der Waals surface area contributed by atoms with E-state index in [9.17, 15) is 0 Å². The predicted octanol–water partition coefficient (Wildman–Crippen LogP) is 6.42. The van der Waals surface area contributed by atoms with Crippen LogP contribution in [0.2, 0.25) is 18.1 Å². The maximum atomic E-state index is 6.56. The highest BCUT2D eigenvalue weighted by atomic mass is 32.1. The second-order valence-electron chi connectivity index (χ2n) is 10.5. The van der Waals surface area contributed by atoms with Crippen LogP contribution in [-0.4, -0.2) is 53.9 Å². The van der Waals surface area contributed by atoms with E-state index in [1.54, 1.807) is 37.8 Å². The Labute approximate surface area is 229 Å². The van der Waals surface area contributed by atoms with Crippen molar-refractivity contribution in [3.05, 3.63) is 53.3 Å². The van der Waals surface area contributed by atoms with Gasteiger partial charge in [-0.25, -0.2) is 14.6 Å². The number of nitrogens with one attached hydrogen (secondary N) is 1. The lowest BCUT2D eigenvalue weighted by molar-refractivity contribution is 0.292. The molecule has 0 spiro atoms. The van der Waals surface area contributed by atoms with Crippen molar-refractivity contribution >= 4 is 31.2 Å². The second kappa shape index (κ2) is 11.2. The molecule has 4 aromatic rings. The lowest BCUT2D eigenvalue weighted by atomic mass is 10.1. The van der Waals surface area contributed by atoms with Gasteiger partial charge in [-0.05, 0) is 43.3 Å². The zero-order chi connectivity index (χ0) is 27.5. The monoisotopic (exact) mass is 552 g/mol. The Kier molecular flexibility index (Phi) is 8.19. The zero-order valence-corrected chi connectivity index (χ0v) is 25.1. The molecule has 11 heteroatoms. The van der Waals surface area contributed by atoms with Gasteiger partial charge in [-0.15, -0.1) is 11.3 Å². The summed E-state index contributed by atoms with van der Waals surface area (Å²) in [5, 5.41) is 11.3. The number of aromatic nitrogens is 5. The SMILES string of the molecule is COc1ccc(Nc2nc(C)cc(-n3ccc(-c4nccs4)n3)c2CCO[Si](C)(C)C(C)(C)C)c(OC)n1. The number of aryl methyl sites for hydroxylation is 1. The third-order valence-corrected chi connectivity index (χ3v) is 12.2. The van der Waals surface area contributed by atoms with Crippen LogP contribution < -0.4 is 14.8 Å². The molecule has 4 rings (SSSR count). The van der Waals surface area contributed by atoms with Gasteiger partial charge in [-0.3, -0.25) is 0 Å². The molecule has 0 saturated carbocycles. The molecular weight excluding hydrogens is 516 g/mol. The minimum absolute atomic E-state index is 0.120. The molecule has 4 heterocycles. The molecule has 0 fully saturated rings.